The smallest absolute Gasteiger partial charge is 0.135 e. The van der Waals surface area contributed by atoms with E-state index in [1.54, 1.807) is 13.0 Å². The molecular formula is C13H14FO. The third kappa shape index (κ3) is 2.50. The maximum absolute atomic E-state index is 12.6. The van der Waals surface area contributed by atoms with Crippen molar-refractivity contribution in [1.82, 2.24) is 0 Å². The molecule has 1 nitrogen and oxygen atoms in total. The van der Waals surface area contributed by atoms with Crippen LogP contribution in [-0.2, 0) is 0 Å². The van der Waals surface area contributed by atoms with Gasteiger partial charge in [-0.2, -0.15) is 0 Å². The maximum Gasteiger partial charge on any atom is 0.135 e. The summed E-state index contributed by atoms with van der Waals surface area (Å²) in [5.74, 6) is 3.82. The number of hydrogen-bond acceptors (Lipinski definition) is 1. The van der Waals surface area contributed by atoms with E-state index < -0.39 is 6.67 Å². The minimum atomic E-state index is -0.496. The zero-order valence-corrected chi connectivity index (χ0v) is 9.01. The van der Waals surface area contributed by atoms with Crippen LogP contribution in [-0.4, -0.2) is 13.3 Å². The van der Waals surface area contributed by atoms with E-state index in [1.807, 2.05) is 19.1 Å². The second-order valence-corrected chi connectivity index (χ2v) is 3.17. The quantitative estimate of drug-likeness (QED) is 0.687. The Bertz CT molecular complexity index is 365. The van der Waals surface area contributed by atoms with Gasteiger partial charge >= 0.3 is 0 Å². The van der Waals surface area contributed by atoms with Crippen LogP contribution < -0.4 is 4.74 Å². The standard InChI is InChI=1S/C13H14FO/c1-4-11-12(10(3)9-14)7-6-8-13(11)15-5-2/h1,6-8H,5,9H2,2-3H3. The molecule has 0 bridgehead atoms. The molecule has 1 radical (unpaired) electrons. The van der Waals surface area contributed by atoms with E-state index in [1.165, 1.54) is 0 Å². The lowest BCUT2D eigenvalue weighted by atomic mass is 9.96. The first-order chi connectivity index (χ1) is 7.24. The third-order valence-corrected chi connectivity index (χ3v) is 2.13. The fourth-order valence-electron chi connectivity index (χ4n) is 1.38. The van der Waals surface area contributed by atoms with Gasteiger partial charge in [0.05, 0.1) is 18.8 Å². The summed E-state index contributed by atoms with van der Waals surface area (Å²) in [6.45, 7) is 3.67. The zero-order valence-electron chi connectivity index (χ0n) is 9.01. The van der Waals surface area contributed by atoms with Gasteiger partial charge in [0, 0.05) is 5.92 Å². The molecule has 0 heterocycles. The van der Waals surface area contributed by atoms with Gasteiger partial charge in [-0.05, 0) is 18.6 Å². The van der Waals surface area contributed by atoms with Crippen molar-refractivity contribution < 1.29 is 9.13 Å². The summed E-state index contributed by atoms with van der Waals surface area (Å²) >= 11 is 0. The first-order valence-corrected chi connectivity index (χ1v) is 4.85. The van der Waals surface area contributed by atoms with E-state index in [0.29, 0.717) is 23.8 Å². The van der Waals surface area contributed by atoms with Crippen molar-refractivity contribution in [3.05, 3.63) is 35.2 Å². The minimum absolute atomic E-state index is 0.496. The van der Waals surface area contributed by atoms with E-state index >= 15 is 0 Å². The number of ether oxygens (including phenoxy) is 1. The van der Waals surface area contributed by atoms with Crippen LogP contribution in [0.2, 0.25) is 0 Å². The van der Waals surface area contributed by atoms with Crippen LogP contribution in [0.1, 0.15) is 25.0 Å². The van der Waals surface area contributed by atoms with Crippen LogP contribution in [0.5, 0.6) is 5.75 Å². The van der Waals surface area contributed by atoms with Crippen molar-refractivity contribution in [2.24, 2.45) is 0 Å². The molecule has 0 aliphatic heterocycles. The van der Waals surface area contributed by atoms with Gasteiger partial charge in [0.25, 0.3) is 0 Å². The van der Waals surface area contributed by atoms with E-state index in [-0.39, 0.29) is 0 Å². The Hall–Kier alpha value is -1.49. The summed E-state index contributed by atoms with van der Waals surface area (Å²) in [5, 5.41) is 0. The van der Waals surface area contributed by atoms with Crippen molar-refractivity contribution in [2.45, 2.75) is 13.8 Å². The Morgan fingerprint density at radius 3 is 2.80 bits per heavy atom. The molecule has 1 aromatic carbocycles. The van der Waals surface area contributed by atoms with E-state index in [0.717, 1.165) is 5.56 Å². The molecule has 2 heteroatoms. The largest absolute Gasteiger partial charge is 0.493 e. The molecule has 0 saturated carbocycles. The lowest BCUT2D eigenvalue weighted by Crippen LogP contribution is -2.03. The summed E-state index contributed by atoms with van der Waals surface area (Å²) in [6, 6.07) is 5.43. The average Bonchev–Trinajstić information content (AvgIpc) is 2.28. The maximum atomic E-state index is 12.6. The highest BCUT2D eigenvalue weighted by Crippen LogP contribution is 2.27. The molecule has 1 rings (SSSR count). The van der Waals surface area contributed by atoms with Crippen LogP contribution in [0.25, 0.3) is 0 Å². The number of hydrogen-bond donors (Lipinski definition) is 0. The highest BCUT2D eigenvalue weighted by atomic mass is 19.1. The fraction of sp³-hybridized carbons (Fsp3) is 0.308. The number of alkyl halides is 1. The number of halogens is 1. The molecule has 0 saturated heterocycles. The lowest BCUT2D eigenvalue weighted by Gasteiger charge is -2.13. The Labute approximate surface area is 90.3 Å². The molecule has 0 aliphatic rings. The molecule has 79 valence electrons. The monoisotopic (exact) mass is 205 g/mol. The van der Waals surface area contributed by atoms with Crippen LogP contribution in [0.4, 0.5) is 4.39 Å². The lowest BCUT2D eigenvalue weighted by molar-refractivity contribution is 0.339. The summed E-state index contributed by atoms with van der Waals surface area (Å²) in [7, 11) is 0. The second-order valence-electron chi connectivity index (χ2n) is 3.17. The molecule has 1 aromatic rings. The van der Waals surface area contributed by atoms with Gasteiger partial charge in [0.1, 0.15) is 5.75 Å². The van der Waals surface area contributed by atoms with Gasteiger partial charge in [0.2, 0.25) is 0 Å². The average molecular weight is 205 g/mol. The Balaban J connectivity index is 3.17. The highest BCUT2D eigenvalue weighted by Gasteiger charge is 2.13. The molecule has 0 N–H and O–H groups in total. The third-order valence-electron chi connectivity index (χ3n) is 2.13. The van der Waals surface area contributed by atoms with Gasteiger partial charge in [-0.3, -0.25) is 4.39 Å². The Kier molecular flexibility index (Phi) is 4.17. The summed E-state index contributed by atoms with van der Waals surface area (Å²) in [4.78, 5) is 0. The zero-order chi connectivity index (χ0) is 11.3. The van der Waals surface area contributed by atoms with Gasteiger partial charge < -0.3 is 4.74 Å². The fourth-order valence-corrected chi connectivity index (χ4v) is 1.38. The predicted octanol–water partition coefficient (Wildman–Crippen LogP) is 2.98. The predicted molar refractivity (Wildman–Crippen MR) is 59.5 cm³/mol. The van der Waals surface area contributed by atoms with Crippen LogP contribution in [0.3, 0.4) is 0 Å². The van der Waals surface area contributed by atoms with Crippen LogP contribution >= 0.6 is 0 Å². The number of rotatable bonds is 4. The van der Waals surface area contributed by atoms with Crippen LogP contribution in [0, 0.1) is 18.3 Å². The van der Waals surface area contributed by atoms with Crippen molar-refractivity contribution in [2.75, 3.05) is 13.3 Å². The molecular weight excluding hydrogens is 191 g/mol. The molecule has 0 aliphatic carbocycles. The molecule has 0 spiro atoms. The van der Waals surface area contributed by atoms with Crippen LogP contribution in [0.15, 0.2) is 18.2 Å². The summed E-state index contributed by atoms with van der Waals surface area (Å²) in [6.07, 6.45) is 5.41. The Morgan fingerprint density at radius 2 is 2.27 bits per heavy atom. The SMILES string of the molecule is C#Cc1c(OCC)cccc1[C](C)CF. The molecule has 0 atom stereocenters. The first-order valence-electron chi connectivity index (χ1n) is 4.85. The first kappa shape index (κ1) is 11.6. The number of benzene rings is 1. The van der Waals surface area contributed by atoms with E-state index in [4.69, 9.17) is 11.2 Å². The van der Waals surface area contributed by atoms with E-state index in [9.17, 15) is 4.39 Å². The summed E-state index contributed by atoms with van der Waals surface area (Å²) in [5.41, 5.74) is 1.39. The van der Waals surface area contributed by atoms with Gasteiger partial charge in [0.15, 0.2) is 0 Å². The normalized spacial score (nSPS) is 10.1. The second kappa shape index (κ2) is 5.41. The van der Waals surface area contributed by atoms with Gasteiger partial charge in [-0.25, -0.2) is 0 Å². The molecule has 0 fully saturated rings. The molecule has 0 aromatic heterocycles. The van der Waals surface area contributed by atoms with Crippen molar-refractivity contribution in [3.63, 3.8) is 0 Å². The van der Waals surface area contributed by atoms with Gasteiger partial charge in [-0.15, -0.1) is 6.42 Å². The van der Waals surface area contributed by atoms with Gasteiger partial charge in [-0.1, -0.05) is 25.0 Å². The molecule has 0 unspecified atom stereocenters. The topological polar surface area (TPSA) is 9.23 Å². The number of terminal acetylenes is 1. The van der Waals surface area contributed by atoms with Crippen molar-refractivity contribution >= 4 is 0 Å². The van der Waals surface area contributed by atoms with Crippen molar-refractivity contribution in [3.8, 4) is 18.1 Å². The van der Waals surface area contributed by atoms with E-state index in [2.05, 4.69) is 5.92 Å². The molecule has 0 amide bonds. The highest BCUT2D eigenvalue weighted by molar-refractivity contribution is 5.55. The summed E-state index contributed by atoms with van der Waals surface area (Å²) < 4.78 is 17.9. The molecule has 15 heavy (non-hydrogen) atoms. The Morgan fingerprint density at radius 1 is 1.53 bits per heavy atom. The minimum Gasteiger partial charge on any atom is -0.493 e. The van der Waals surface area contributed by atoms with Crippen molar-refractivity contribution in [1.29, 1.82) is 0 Å².